The van der Waals surface area contributed by atoms with E-state index in [9.17, 15) is 24.3 Å². The Morgan fingerprint density at radius 2 is 1.75 bits per heavy atom. The molecule has 1 saturated heterocycles. The van der Waals surface area contributed by atoms with Crippen molar-refractivity contribution < 1.29 is 29.1 Å². The maximum absolute atomic E-state index is 11.9. The monoisotopic (exact) mass is 461 g/mol. The van der Waals surface area contributed by atoms with Gasteiger partial charge in [-0.05, 0) is 47.6 Å². The molecule has 7 atom stereocenters. The first-order valence-electron chi connectivity index (χ1n) is 10.6. The van der Waals surface area contributed by atoms with Crippen molar-refractivity contribution >= 4 is 16.7 Å². The predicted molar refractivity (Wildman–Crippen MR) is 122 cm³/mol. The van der Waals surface area contributed by atoms with Gasteiger partial charge in [0, 0.05) is 6.26 Å². The van der Waals surface area contributed by atoms with E-state index in [0.717, 1.165) is 22.3 Å². The summed E-state index contributed by atoms with van der Waals surface area (Å²) in [6.45, 7) is 3.91. The summed E-state index contributed by atoms with van der Waals surface area (Å²) in [6.07, 6.45) is -2.50. The molecule has 1 heterocycles. The van der Waals surface area contributed by atoms with Gasteiger partial charge < -0.3 is 25.8 Å². The lowest BCUT2D eigenvalue weighted by atomic mass is 9.90. The molecule has 8 heteroatoms. The average Bonchev–Trinajstić information content (AvgIpc) is 2.75. The molecule has 1 aliphatic rings. The summed E-state index contributed by atoms with van der Waals surface area (Å²) in [4.78, 5) is 11.6. The van der Waals surface area contributed by atoms with Gasteiger partial charge in [0.2, 0.25) is 5.91 Å². The van der Waals surface area contributed by atoms with Crippen LogP contribution < -0.4 is 5.73 Å². The molecule has 32 heavy (non-hydrogen) atoms. The van der Waals surface area contributed by atoms with Crippen LogP contribution in [0.15, 0.2) is 42.5 Å². The minimum absolute atomic E-state index is 0.308. The van der Waals surface area contributed by atoms with Crippen molar-refractivity contribution in [3.63, 3.8) is 0 Å². The van der Waals surface area contributed by atoms with Gasteiger partial charge in [0.05, 0.1) is 16.7 Å². The van der Waals surface area contributed by atoms with E-state index in [4.69, 9.17) is 10.5 Å². The minimum atomic E-state index is -1.54. The molecule has 2 aromatic carbocycles. The molecule has 5 N–H and O–H groups in total. The number of benzene rings is 2. The Morgan fingerprint density at radius 1 is 1.09 bits per heavy atom. The molecule has 0 bridgehead atoms. The smallest absolute Gasteiger partial charge is 0.224 e. The fraction of sp³-hybridized carbons (Fsp3) is 0.458. The number of ether oxygens (including phenoxy) is 1. The maximum Gasteiger partial charge on any atom is 0.224 e. The molecule has 0 saturated carbocycles. The second-order valence-corrected chi connectivity index (χ2v) is 9.82. The summed E-state index contributed by atoms with van der Waals surface area (Å²) in [6, 6.07) is 13.4. The second kappa shape index (κ2) is 10.2. The first-order valence-corrected chi connectivity index (χ1v) is 12.3. The fourth-order valence-electron chi connectivity index (χ4n) is 4.15. The summed E-state index contributed by atoms with van der Waals surface area (Å²) in [7, 11) is -1.54. The largest absolute Gasteiger partial charge is 0.387 e. The van der Waals surface area contributed by atoms with Gasteiger partial charge in [-0.1, -0.05) is 49.4 Å². The van der Waals surface area contributed by atoms with Crippen LogP contribution in [0.25, 0.3) is 0 Å². The van der Waals surface area contributed by atoms with Crippen LogP contribution in [0.2, 0.25) is 0 Å². The Balaban J connectivity index is 1.84. The van der Waals surface area contributed by atoms with Crippen molar-refractivity contribution in [3.05, 3.63) is 70.3 Å². The number of aliphatic hydroxyl groups is 3. The summed E-state index contributed by atoms with van der Waals surface area (Å²) in [5.74, 6) is -0.647. The van der Waals surface area contributed by atoms with Crippen molar-refractivity contribution in [2.45, 2.75) is 62.5 Å². The molecule has 2 aromatic rings. The van der Waals surface area contributed by atoms with Crippen LogP contribution in [-0.4, -0.2) is 55.4 Å². The zero-order valence-electron chi connectivity index (χ0n) is 18.5. The Hall–Kier alpha value is -2.10. The fourth-order valence-corrected chi connectivity index (χ4v) is 4.98. The van der Waals surface area contributed by atoms with Crippen LogP contribution in [-0.2, 0) is 26.8 Å². The number of hydrogen-bond acceptors (Lipinski definition) is 6. The van der Waals surface area contributed by atoms with E-state index in [0.29, 0.717) is 18.4 Å². The third kappa shape index (κ3) is 5.10. The number of nitrogens with two attached hydrogens (primary N) is 1. The Morgan fingerprint density at radius 3 is 2.31 bits per heavy atom. The molecule has 0 aromatic heterocycles. The van der Waals surface area contributed by atoms with E-state index in [2.05, 4.69) is 0 Å². The molecule has 0 radical (unpaired) electrons. The van der Waals surface area contributed by atoms with Crippen LogP contribution >= 0.6 is 0 Å². The van der Waals surface area contributed by atoms with Gasteiger partial charge in [0.1, 0.15) is 24.4 Å². The van der Waals surface area contributed by atoms with E-state index in [1.165, 1.54) is 6.26 Å². The number of aliphatic hydroxyl groups excluding tert-OH is 3. The van der Waals surface area contributed by atoms with Crippen LogP contribution in [0.5, 0.6) is 0 Å². The van der Waals surface area contributed by atoms with Gasteiger partial charge in [-0.3, -0.25) is 9.00 Å². The molecule has 3 rings (SSSR count). The van der Waals surface area contributed by atoms with E-state index in [1.54, 1.807) is 6.07 Å². The minimum Gasteiger partial charge on any atom is -0.387 e. The molecular formula is C24H31NO6S. The first kappa shape index (κ1) is 24.5. The molecule has 1 fully saturated rings. The van der Waals surface area contributed by atoms with Gasteiger partial charge in [-0.2, -0.15) is 0 Å². The van der Waals surface area contributed by atoms with Crippen LogP contribution in [0.1, 0.15) is 53.2 Å². The third-order valence-corrected chi connectivity index (χ3v) is 7.17. The Bertz CT molecular complexity index is 979. The van der Waals surface area contributed by atoms with Crippen molar-refractivity contribution in [2.24, 2.45) is 5.73 Å². The topological polar surface area (TPSA) is 130 Å². The summed E-state index contributed by atoms with van der Waals surface area (Å²) in [5, 5.41) is 30.8. The molecule has 0 spiro atoms. The van der Waals surface area contributed by atoms with Crippen LogP contribution in [0, 0.1) is 6.92 Å². The highest BCUT2D eigenvalue weighted by atomic mass is 32.2. The molecule has 174 valence electrons. The van der Waals surface area contributed by atoms with E-state index in [1.807, 2.05) is 50.2 Å². The highest BCUT2D eigenvalue weighted by Gasteiger charge is 2.45. The Kier molecular flexibility index (Phi) is 7.84. The van der Waals surface area contributed by atoms with Gasteiger partial charge in [-0.15, -0.1) is 0 Å². The van der Waals surface area contributed by atoms with E-state index < -0.39 is 40.7 Å². The van der Waals surface area contributed by atoms with Crippen molar-refractivity contribution in [1.82, 2.24) is 0 Å². The van der Waals surface area contributed by atoms with E-state index >= 15 is 0 Å². The highest BCUT2D eigenvalue weighted by molar-refractivity contribution is 7.84. The number of aryl methyl sites for hydroxylation is 1. The van der Waals surface area contributed by atoms with Crippen LogP contribution in [0.3, 0.4) is 0 Å². The quantitative estimate of drug-likeness (QED) is 0.493. The third-order valence-electron chi connectivity index (χ3n) is 6.13. The lowest BCUT2D eigenvalue weighted by Crippen LogP contribution is -2.55. The second-order valence-electron chi connectivity index (χ2n) is 8.36. The lowest BCUT2D eigenvalue weighted by molar-refractivity contribution is -0.201. The standard InChI is InChI=1S/C24H31NO6S/c1-4-18(23(25)29)15-9-6-14(7-10-15)11-17-12-16(8-5-13(17)2)22-20(27)19(26)21(28)24(31-22)32(3)30/h5-10,12,18-22,24,26-28H,4,11H2,1-3H3,(H2,25,29)/t18?,19-,20-,21+,22+,24-,32?/m1/s1. The van der Waals surface area contributed by atoms with Gasteiger partial charge in [-0.25, -0.2) is 0 Å². The van der Waals surface area contributed by atoms with Gasteiger partial charge in [0.15, 0.2) is 5.44 Å². The molecule has 2 unspecified atom stereocenters. The summed E-state index contributed by atoms with van der Waals surface area (Å²) >= 11 is 0. The molecule has 0 aliphatic carbocycles. The zero-order chi connectivity index (χ0) is 23.6. The molecule has 7 nitrogen and oxygen atoms in total. The number of rotatable bonds is 7. The lowest BCUT2D eigenvalue weighted by Gasteiger charge is -2.40. The number of amides is 1. The maximum atomic E-state index is 11.9. The predicted octanol–water partition coefficient (Wildman–Crippen LogP) is 1.42. The SMILES string of the molecule is CCC(C(N)=O)c1ccc(Cc2cc([C@@H]3O[C@H](S(C)=O)[C@@H](O)[C@H](O)[C@H]3O)ccc2C)cc1. The molecule has 1 amide bonds. The number of carbonyl (C=O) groups excluding carboxylic acids is 1. The zero-order valence-corrected chi connectivity index (χ0v) is 19.3. The molecule has 1 aliphatic heterocycles. The average molecular weight is 462 g/mol. The summed E-state index contributed by atoms with van der Waals surface area (Å²) in [5.41, 5.74) is 9.01. The first-order chi connectivity index (χ1) is 15.1. The number of carbonyl (C=O) groups is 1. The van der Waals surface area contributed by atoms with Crippen molar-refractivity contribution in [2.75, 3.05) is 6.26 Å². The van der Waals surface area contributed by atoms with Crippen molar-refractivity contribution in [1.29, 1.82) is 0 Å². The normalized spacial score (nSPS) is 27.6. The number of primary amides is 1. The Labute approximate surface area is 190 Å². The molecular weight excluding hydrogens is 430 g/mol. The highest BCUT2D eigenvalue weighted by Crippen LogP contribution is 2.34. The van der Waals surface area contributed by atoms with Gasteiger partial charge >= 0.3 is 0 Å². The summed E-state index contributed by atoms with van der Waals surface area (Å²) < 4.78 is 17.7. The van der Waals surface area contributed by atoms with Crippen LogP contribution in [0.4, 0.5) is 0 Å². The van der Waals surface area contributed by atoms with Gasteiger partial charge in [0.25, 0.3) is 0 Å². The van der Waals surface area contributed by atoms with E-state index in [-0.39, 0.29) is 11.8 Å². The number of hydrogen-bond donors (Lipinski definition) is 4. The van der Waals surface area contributed by atoms with Crippen molar-refractivity contribution in [3.8, 4) is 0 Å².